The average Bonchev–Trinajstić information content (AvgIpc) is 2.78. The molecule has 30 heavy (non-hydrogen) atoms. The van der Waals surface area contributed by atoms with E-state index in [-0.39, 0.29) is 23.4 Å². The highest BCUT2D eigenvalue weighted by Gasteiger charge is 2.25. The summed E-state index contributed by atoms with van der Waals surface area (Å²) in [4.78, 5) is 26.4. The molecule has 1 aliphatic heterocycles. The first-order chi connectivity index (χ1) is 14.5. The summed E-state index contributed by atoms with van der Waals surface area (Å²) in [6, 6.07) is 10.8. The lowest BCUT2D eigenvalue weighted by atomic mass is 9.96. The molecule has 0 aliphatic carbocycles. The van der Waals surface area contributed by atoms with Crippen LogP contribution in [0, 0.1) is 11.7 Å². The summed E-state index contributed by atoms with van der Waals surface area (Å²) in [7, 11) is 3.08. The molecule has 0 radical (unpaired) electrons. The molecule has 8 heteroatoms. The fraction of sp³-hybridized carbons (Fsp3) is 0.364. The SMILES string of the molecule is COc1ccc(NC(=O)NCC2CCN(C(=O)c3ccccc3F)CC2)c(OC)c1. The van der Waals surface area contributed by atoms with Gasteiger partial charge in [-0.15, -0.1) is 0 Å². The van der Waals surface area contributed by atoms with Gasteiger partial charge < -0.3 is 25.0 Å². The summed E-state index contributed by atoms with van der Waals surface area (Å²) in [6.07, 6.45) is 1.48. The third-order valence-electron chi connectivity index (χ3n) is 5.21. The lowest BCUT2D eigenvalue weighted by molar-refractivity contribution is 0.0686. The van der Waals surface area contributed by atoms with Crippen molar-refractivity contribution in [2.24, 2.45) is 5.92 Å². The Morgan fingerprint density at radius 1 is 1.10 bits per heavy atom. The third-order valence-corrected chi connectivity index (χ3v) is 5.21. The van der Waals surface area contributed by atoms with Gasteiger partial charge in [-0.05, 0) is 43.0 Å². The Bertz CT molecular complexity index is 898. The number of rotatable bonds is 6. The maximum absolute atomic E-state index is 13.8. The van der Waals surface area contributed by atoms with Crippen LogP contribution in [0.5, 0.6) is 11.5 Å². The third kappa shape index (κ3) is 5.20. The summed E-state index contributed by atoms with van der Waals surface area (Å²) in [5.41, 5.74) is 0.642. The Morgan fingerprint density at radius 2 is 1.83 bits per heavy atom. The van der Waals surface area contributed by atoms with Gasteiger partial charge in [-0.3, -0.25) is 4.79 Å². The first-order valence-electron chi connectivity index (χ1n) is 9.82. The zero-order valence-corrected chi connectivity index (χ0v) is 17.1. The first kappa shape index (κ1) is 21.4. The van der Waals surface area contributed by atoms with E-state index >= 15 is 0 Å². The van der Waals surface area contributed by atoms with Crippen LogP contribution in [-0.4, -0.2) is 50.7 Å². The highest BCUT2D eigenvalue weighted by atomic mass is 19.1. The summed E-state index contributed by atoms with van der Waals surface area (Å²) < 4.78 is 24.3. The minimum absolute atomic E-state index is 0.0990. The van der Waals surface area contributed by atoms with E-state index in [0.717, 1.165) is 12.8 Å². The minimum atomic E-state index is -0.503. The number of carbonyl (C=O) groups excluding carboxylic acids is 2. The van der Waals surface area contributed by atoms with E-state index in [1.54, 1.807) is 42.3 Å². The molecule has 3 rings (SSSR count). The predicted molar refractivity (Wildman–Crippen MR) is 112 cm³/mol. The summed E-state index contributed by atoms with van der Waals surface area (Å²) in [5, 5.41) is 5.64. The van der Waals surface area contributed by atoms with Crippen LogP contribution in [0.3, 0.4) is 0 Å². The number of urea groups is 1. The summed E-state index contributed by atoms with van der Waals surface area (Å²) in [6.45, 7) is 1.56. The first-order valence-corrected chi connectivity index (χ1v) is 9.82. The second kappa shape index (κ2) is 9.96. The molecule has 0 spiro atoms. The van der Waals surface area contributed by atoms with Crippen molar-refractivity contribution < 1.29 is 23.5 Å². The van der Waals surface area contributed by atoms with E-state index < -0.39 is 5.82 Å². The molecular formula is C22H26FN3O4. The monoisotopic (exact) mass is 415 g/mol. The van der Waals surface area contributed by atoms with Crippen molar-refractivity contribution in [1.29, 1.82) is 0 Å². The molecule has 2 aromatic carbocycles. The van der Waals surface area contributed by atoms with Gasteiger partial charge >= 0.3 is 6.03 Å². The lowest BCUT2D eigenvalue weighted by Gasteiger charge is -2.32. The number of benzene rings is 2. The number of hydrogen-bond donors (Lipinski definition) is 2. The second-order valence-electron chi connectivity index (χ2n) is 7.12. The van der Waals surface area contributed by atoms with Crippen molar-refractivity contribution in [2.75, 3.05) is 39.2 Å². The number of nitrogens with zero attached hydrogens (tertiary/aromatic N) is 1. The van der Waals surface area contributed by atoms with Gasteiger partial charge in [0.25, 0.3) is 5.91 Å². The molecule has 0 bridgehead atoms. The van der Waals surface area contributed by atoms with E-state index in [9.17, 15) is 14.0 Å². The second-order valence-corrected chi connectivity index (χ2v) is 7.12. The van der Waals surface area contributed by atoms with E-state index in [1.807, 2.05) is 0 Å². The Hall–Kier alpha value is -3.29. The number of piperidine rings is 1. The quantitative estimate of drug-likeness (QED) is 0.757. The number of amides is 3. The van der Waals surface area contributed by atoms with Crippen LogP contribution in [0.4, 0.5) is 14.9 Å². The number of nitrogens with one attached hydrogen (secondary N) is 2. The van der Waals surface area contributed by atoms with Crippen LogP contribution in [0.15, 0.2) is 42.5 Å². The molecule has 0 unspecified atom stereocenters. The van der Waals surface area contributed by atoms with Gasteiger partial charge in [-0.25, -0.2) is 9.18 Å². The lowest BCUT2D eigenvalue weighted by Crippen LogP contribution is -2.42. The van der Waals surface area contributed by atoms with Crippen LogP contribution in [0.1, 0.15) is 23.2 Å². The molecule has 160 valence electrons. The number of methoxy groups -OCH3 is 2. The maximum Gasteiger partial charge on any atom is 0.319 e. The molecule has 0 saturated carbocycles. The van der Waals surface area contributed by atoms with Crippen LogP contribution in [-0.2, 0) is 0 Å². The Labute approximate surface area is 175 Å². The van der Waals surface area contributed by atoms with Crippen LogP contribution < -0.4 is 20.1 Å². The summed E-state index contributed by atoms with van der Waals surface area (Å²) >= 11 is 0. The fourth-order valence-electron chi connectivity index (χ4n) is 3.45. The van der Waals surface area contributed by atoms with Crippen molar-refractivity contribution in [3.8, 4) is 11.5 Å². The van der Waals surface area contributed by atoms with Gasteiger partial charge in [0.05, 0.1) is 25.5 Å². The normalized spacial score (nSPS) is 14.2. The van der Waals surface area contributed by atoms with Gasteiger partial charge in [0, 0.05) is 25.7 Å². The molecule has 1 saturated heterocycles. The Morgan fingerprint density at radius 3 is 2.50 bits per heavy atom. The maximum atomic E-state index is 13.8. The van der Waals surface area contributed by atoms with Crippen LogP contribution in [0.2, 0.25) is 0 Å². The summed E-state index contributed by atoms with van der Waals surface area (Å²) in [5.74, 6) is 0.595. The van der Waals surface area contributed by atoms with E-state index in [4.69, 9.17) is 9.47 Å². The van der Waals surface area contributed by atoms with Crippen molar-refractivity contribution in [1.82, 2.24) is 10.2 Å². The highest BCUT2D eigenvalue weighted by Crippen LogP contribution is 2.29. The fourth-order valence-corrected chi connectivity index (χ4v) is 3.45. The Kier molecular flexibility index (Phi) is 7.11. The zero-order chi connectivity index (χ0) is 21.5. The number of likely N-dealkylation sites (tertiary alicyclic amines) is 1. The minimum Gasteiger partial charge on any atom is -0.497 e. The zero-order valence-electron chi connectivity index (χ0n) is 17.1. The highest BCUT2D eigenvalue weighted by molar-refractivity contribution is 5.94. The molecule has 2 aromatic rings. The molecule has 1 aliphatic rings. The predicted octanol–water partition coefficient (Wildman–Crippen LogP) is 3.52. The molecule has 0 aromatic heterocycles. The molecule has 0 atom stereocenters. The number of halogens is 1. The van der Waals surface area contributed by atoms with E-state index in [2.05, 4.69) is 10.6 Å². The molecule has 2 N–H and O–H groups in total. The van der Waals surface area contributed by atoms with Gasteiger partial charge in [-0.2, -0.15) is 0 Å². The topological polar surface area (TPSA) is 79.9 Å². The molecule has 1 fully saturated rings. The van der Waals surface area contributed by atoms with Crippen molar-refractivity contribution in [2.45, 2.75) is 12.8 Å². The van der Waals surface area contributed by atoms with Gasteiger partial charge in [0.2, 0.25) is 0 Å². The van der Waals surface area contributed by atoms with Crippen LogP contribution in [0.25, 0.3) is 0 Å². The van der Waals surface area contributed by atoms with E-state index in [1.165, 1.54) is 19.2 Å². The Balaban J connectivity index is 1.46. The molecule has 3 amide bonds. The number of carbonyl (C=O) groups is 2. The van der Waals surface area contributed by atoms with Crippen molar-refractivity contribution in [3.63, 3.8) is 0 Å². The molecular weight excluding hydrogens is 389 g/mol. The molecule has 1 heterocycles. The van der Waals surface area contributed by atoms with E-state index in [0.29, 0.717) is 36.8 Å². The van der Waals surface area contributed by atoms with Gasteiger partial charge in [0.1, 0.15) is 17.3 Å². The number of hydrogen-bond acceptors (Lipinski definition) is 4. The smallest absolute Gasteiger partial charge is 0.319 e. The van der Waals surface area contributed by atoms with Gasteiger partial charge in [-0.1, -0.05) is 12.1 Å². The average molecular weight is 415 g/mol. The number of anilines is 1. The van der Waals surface area contributed by atoms with Crippen molar-refractivity contribution in [3.05, 3.63) is 53.8 Å². The largest absolute Gasteiger partial charge is 0.497 e. The van der Waals surface area contributed by atoms with Crippen molar-refractivity contribution >= 4 is 17.6 Å². The molecule has 7 nitrogen and oxygen atoms in total. The number of ether oxygens (including phenoxy) is 2. The van der Waals surface area contributed by atoms with Crippen LogP contribution >= 0.6 is 0 Å². The standard InChI is InChI=1S/C22H26FN3O4/c1-29-16-7-8-19(20(13-16)30-2)25-22(28)24-14-15-9-11-26(12-10-15)21(27)17-5-3-4-6-18(17)23/h3-8,13,15H,9-12,14H2,1-2H3,(H2,24,25,28). The van der Waals surface area contributed by atoms with Gasteiger partial charge in [0.15, 0.2) is 0 Å².